The number of rotatable bonds is 7. The lowest BCUT2D eigenvalue weighted by Gasteiger charge is -2.12. The van der Waals surface area contributed by atoms with Crippen molar-refractivity contribution in [2.45, 2.75) is 32.7 Å². The first-order chi connectivity index (χ1) is 10.2. The molecule has 1 amide bonds. The van der Waals surface area contributed by atoms with Crippen LogP contribution in [-0.4, -0.2) is 22.5 Å². The van der Waals surface area contributed by atoms with E-state index in [4.69, 9.17) is 4.74 Å². The number of H-pyrrole nitrogens is 1. The summed E-state index contributed by atoms with van der Waals surface area (Å²) in [6.07, 6.45) is 5.54. The second-order valence-electron chi connectivity index (χ2n) is 4.90. The number of unbranched alkanes of at least 4 members (excludes halogenated alkanes) is 1. The van der Waals surface area contributed by atoms with Gasteiger partial charge in [-0.05, 0) is 37.6 Å². The van der Waals surface area contributed by atoms with Crippen molar-refractivity contribution < 1.29 is 9.53 Å². The number of carbonyl (C=O) groups excluding carboxylic acids is 1. The molecule has 5 heteroatoms. The lowest BCUT2D eigenvalue weighted by molar-refractivity contribution is 0.0938. The van der Waals surface area contributed by atoms with Crippen LogP contribution in [0.15, 0.2) is 36.7 Å². The van der Waals surface area contributed by atoms with Crippen LogP contribution in [0, 0.1) is 0 Å². The fraction of sp³-hybridized carbons (Fsp3) is 0.375. The largest absolute Gasteiger partial charge is 0.494 e. The van der Waals surface area contributed by atoms with Crippen molar-refractivity contribution in [1.82, 2.24) is 15.3 Å². The van der Waals surface area contributed by atoms with Crippen molar-refractivity contribution in [2.75, 3.05) is 6.61 Å². The summed E-state index contributed by atoms with van der Waals surface area (Å²) >= 11 is 0. The molecule has 112 valence electrons. The number of carbonyl (C=O) groups is 1. The van der Waals surface area contributed by atoms with E-state index in [1.807, 2.05) is 19.1 Å². The third-order valence-electron chi connectivity index (χ3n) is 3.16. The smallest absolute Gasteiger partial charge is 0.251 e. The average Bonchev–Trinajstić information content (AvgIpc) is 3.02. The van der Waals surface area contributed by atoms with Crippen LogP contribution in [0.4, 0.5) is 0 Å². The van der Waals surface area contributed by atoms with E-state index in [0.29, 0.717) is 12.2 Å². The van der Waals surface area contributed by atoms with Gasteiger partial charge in [-0.25, -0.2) is 4.98 Å². The molecule has 2 rings (SSSR count). The van der Waals surface area contributed by atoms with Crippen molar-refractivity contribution in [2.24, 2.45) is 0 Å². The number of hydrogen-bond acceptors (Lipinski definition) is 3. The van der Waals surface area contributed by atoms with E-state index in [1.165, 1.54) is 0 Å². The minimum absolute atomic E-state index is 0.126. The molecular formula is C16H21N3O2. The Balaban J connectivity index is 1.90. The Morgan fingerprint density at radius 1 is 1.38 bits per heavy atom. The molecule has 0 radical (unpaired) electrons. The molecule has 1 atom stereocenters. The van der Waals surface area contributed by atoms with Gasteiger partial charge in [0.25, 0.3) is 5.91 Å². The molecule has 2 N–H and O–H groups in total. The molecule has 5 nitrogen and oxygen atoms in total. The summed E-state index contributed by atoms with van der Waals surface area (Å²) in [6, 6.07) is 7.02. The Labute approximate surface area is 124 Å². The van der Waals surface area contributed by atoms with E-state index in [9.17, 15) is 4.79 Å². The maximum absolute atomic E-state index is 12.1. The number of imidazole rings is 1. The number of hydrogen-bond donors (Lipinski definition) is 2. The SMILES string of the molecule is CCCCOc1ccc(C(=O)NC(C)c2ncc[nH]2)cc1. The second kappa shape index (κ2) is 7.47. The molecule has 0 saturated carbocycles. The molecule has 0 aliphatic heterocycles. The molecule has 1 aromatic heterocycles. The zero-order valence-electron chi connectivity index (χ0n) is 12.4. The van der Waals surface area contributed by atoms with Gasteiger partial charge >= 0.3 is 0 Å². The molecule has 0 aliphatic rings. The number of amides is 1. The van der Waals surface area contributed by atoms with Gasteiger partial charge in [-0.15, -0.1) is 0 Å². The molecule has 0 spiro atoms. The fourth-order valence-electron chi connectivity index (χ4n) is 1.90. The van der Waals surface area contributed by atoms with Crippen molar-refractivity contribution in [1.29, 1.82) is 0 Å². The minimum Gasteiger partial charge on any atom is -0.494 e. The molecule has 2 aromatic rings. The summed E-state index contributed by atoms with van der Waals surface area (Å²) in [5.74, 6) is 1.40. The minimum atomic E-state index is -0.159. The van der Waals surface area contributed by atoms with Crippen molar-refractivity contribution >= 4 is 5.91 Å². The number of ether oxygens (including phenoxy) is 1. The highest BCUT2D eigenvalue weighted by Gasteiger charge is 2.12. The number of aromatic nitrogens is 2. The third-order valence-corrected chi connectivity index (χ3v) is 3.16. The topological polar surface area (TPSA) is 67.0 Å². The van der Waals surface area contributed by atoms with Crippen molar-refractivity contribution in [3.8, 4) is 5.75 Å². The summed E-state index contributed by atoms with van der Waals surface area (Å²) in [7, 11) is 0. The van der Waals surface area contributed by atoms with E-state index < -0.39 is 0 Å². The summed E-state index contributed by atoms with van der Waals surface area (Å²) in [5.41, 5.74) is 0.608. The van der Waals surface area contributed by atoms with Gasteiger partial charge in [0, 0.05) is 18.0 Å². The van der Waals surface area contributed by atoms with Crippen LogP contribution >= 0.6 is 0 Å². The highest BCUT2D eigenvalue weighted by atomic mass is 16.5. The van der Waals surface area contributed by atoms with E-state index in [-0.39, 0.29) is 11.9 Å². The van der Waals surface area contributed by atoms with Crippen molar-refractivity contribution in [3.63, 3.8) is 0 Å². The predicted octanol–water partition coefficient (Wildman–Crippen LogP) is 3.08. The fourth-order valence-corrected chi connectivity index (χ4v) is 1.90. The zero-order valence-corrected chi connectivity index (χ0v) is 12.4. The molecule has 21 heavy (non-hydrogen) atoms. The first kappa shape index (κ1) is 15.1. The summed E-state index contributed by atoms with van der Waals surface area (Å²) in [4.78, 5) is 19.2. The lowest BCUT2D eigenvalue weighted by atomic mass is 10.2. The van der Waals surface area contributed by atoms with Crippen LogP contribution in [0.5, 0.6) is 5.75 Å². The van der Waals surface area contributed by atoms with Crippen LogP contribution < -0.4 is 10.1 Å². The summed E-state index contributed by atoms with van der Waals surface area (Å²) in [6.45, 7) is 4.72. The molecule has 0 aliphatic carbocycles. The van der Waals surface area contributed by atoms with Crippen LogP contribution in [0.3, 0.4) is 0 Å². The van der Waals surface area contributed by atoms with E-state index in [2.05, 4.69) is 22.2 Å². The Hall–Kier alpha value is -2.30. The predicted molar refractivity (Wildman–Crippen MR) is 81.3 cm³/mol. The lowest BCUT2D eigenvalue weighted by Crippen LogP contribution is -2.27. The van der Waals surface area contributed by atoms with E-state index in [0.717, 1.165) is 24.4 Å². The molecule has 0 bridgehead atoms. The van der Waals surface area contributed by atoms with Gasteiger partial charge in [0.15, 0.2) is 0 Å². The number of nitrogens with zero attached hydrogens (tertiary/aromatic N) is 1. The van der Waals surface area contributed by atoms with E-state index >= 15 is 0 Å². The monoisotopic (exact) mass is 287 g/mol. The Bertz CT molecular complexity index is 549. The van der Waals surface area contributed by atoms with Gasteiger partial charge in [-0.1, -0.05) is 13.3 Å². The zero-order chi connectivity index (χ0) is 15.1. The quantitative estimate of drug-likeness (QED) is 0.769. The standard InChI is InChI=1S/C16H21N3O2/c1-3-4-11-21-14-7-5-13(6-8-14)16(20)19-12(2)15-17-9-10-18-15/h5-10,12H,3-4,11H2,1-2H3,(H,17,18)(H,19,20). The maximum atomic E-state index is 12.1. The first-order valence-corrected chi connectivity index (χ1v) is 7.23. The normalized spacial score (nSPS) is 11.9. The summed E-state index contributed by atoms with van der Waals surface area (Å²) in [5, 5.41) is 2.90. The number of aromatic amines is 1. The molecule has 0 fully saturated rings. The molecule has 0 saturated heterocycles. The van der Waals surface area contributed by atoms with Gasteiger partial charge in [-0.3, -0.25) is 4.79 Å². The number of benzene rings is 1. The molecule has 1 heterocycles. The van der Waals surface area contributed by atoms with Crippen LogP contribution in [0.1, 0.15) is 48.9 Å². The van der Waals surface area contributed by atoms with Crippen LogP contribution in [0.2, 0.25) is 0 Å². The average molecular weight is 287 g/mol. The Morgan fingerprint density at radius 3 is 2.76 bits per heavy atom. The first-order valence-electron chi connectivity index (χ1n) is 7.23. The molecule has 1 unspecified atom stereocenters. The number of nitrogens with one attached hydrogen (secondary N) is 2. The van der Waals surface area contributed by atoms with Gasteiger partial charge in [0.2, 0.25) is 0 Å². The van der Waals surface area contributed by atoms with Gasteiger partial charge in [0.05, 0.1) is 12.6 Å². The summed E-state index contributed by atoms with van der Waals surface area (Å²) < 4.78 is 5.57. The molecular weight excluding hydrogens is 266 g/mol. The van der Waals surface area contributed by atoms with Crippen LogP contribution in [0.25, 0.3) is 0 Å². The highest BCUT2D eigenvalue weighted by Crippen LogP contribution is 2.14. The highest BCUT2D eigenvalue weighted by molar-refractivity contribution is 5.94. The molecule has 1 aromatic carbocycles. The maximum Gasteiger partial charge on any atom is 0.251 e. The van der Waals surface area contributed by atoms with E-state index in [1.54, 1.807) is 24.5 Å². The van der Waals surface area contributed by atoms with Gasteiger partial charge in [-0.2, -0.15) is 0 Å². The Kier molecular flexibility index (Phi) is 5.37. The Morgan fingerprint density at radius 2 is 2.14 bits per heavy atom. The second-order valence-corrected chi connectivity index (χ2v) is 4.90. The van der Waals surface area contributed by atoms with Gasteiger partial charge in [0.1, 0.15) is 11.6 Å². The van der Waals surface area contributed by atoms with Crippen molar-refractivity contribution in [3.05, 3.63) is 48.0 Å². The van der Waals surface area contributed by atoms with Crippen LogP contribution in [-0.2, 0) is 0 Å². The van der Waals surface area contributed by atoms with Gasteiger partial charge < -0.3 is 15.0 Å². The third kappa shape index (κ3) is 4.34.